The maximum atomic E-state index is 13.5. The van der Waals surface area contributed by atoms with E-state index in [1.807, 2.05) is 0 Å². The van der Waals surface area contributed by atoms with Crippen LogP contribution < -0.4 is 11.5 Å². The second kappa shape index (κ2) is 3.81. The zero-order chi connectivity index (χ0) is 11.7. The lowest BCUT2D eigenvalue weighted by molar-refractivity contribution is 0.625. The Balaban J connectivity index is 2.62. The third kappa shape index (κ3) is 1.95. The van der Waals surface area contributed by atoms with Crippen molar-refractivity contribution in [3.8, 4) is 11.1 Å². The van der Waals surface area contributed by atoms with Crippen LogP contribution >= 0.6 is 0 Å². The fourth-order valence-corrected chi connectivity index (χ4v) is 1.53. The van der Waals surface area contributed by atoms with Crippen molar-refractivity contribution in [2.75, 3.05) is 11.5 Å². The number of halogens is 2. The smallest absolute Gasteiger partial charge is 0.131 e. The molecule has 0 aromatic heterocycles. The molecule has 4 N–H and O–H groups in total. The van der Waals surface area contributed by atoms with E-state index in [1.165, 1.54) is 36.4 Å². The van der Waals surface area contributed by atoms with Gasteiger partial charge in [-0.3, -0.25) is 0 Å². The van der Waals surface area contributed by atoms with Crippen LogP contribution in [0.15, 0.2) is 36.4 Å². The van der Waals surface area contributed by atoms with E-state index >= 15 is 0 Å². The van der Waals surface area contributed by atoms with Crippen LogP contribution in [0, 0.1) is 11.6 Å². The first kappa shape index (κ1) is 10.4. The minimum atomic E-state index is -0.503. The van der Waals surface area contributed by atoms with Gasteiger partial charge in [0.05, 0.1) is 0 Å². The fourth-order valence-electron chi connectivity index (χ4n) is 1.53. The van der Waals surface area contributed by atoms with Crippen LogP contribution in [0.5, 0.6) is 0 Å². The Morgan fingerprint density at radius 2 is 1.56 bits per heavy atom. The molecule has 0 heterocycles. The molecule has 2 rings (SSSR count). The molecule has 0 aliphatic carbocycles. The average Bonchev–Trinajstić information content (AvgIpc) is 2.20. The van der Waals surface area contributed by atoms with Crippen molar-refractivity contribution in [3.63, 3.8) is 0 Å². The molecule has 2 aromatic rings. The molecule has 2 aromatic carbocycles. The van der Waals surface area contributed by atoms with Gasteiger partial charge in [0, 0.05) is 16.9 Å². The Kier molecular flexibility index (Phi) is 2.48. The highest BCUT2D eigenvalue weighted by Crippen LogP contribution is 2.27. The van der Waals surface area contributed by atoms with Crippen molar-refractivity contribution in [1.82, 2.24) is 0 Å². The van der Waals surface area contributed by atoms with Crippen molar-refractivity contribution in [2.24, 2.45) is 0 Å². The number of nitrogen functional groups attached to an aromatic ring is 2. The number of hydrogen-bond acceptors (Lipinski definition) is 2. The molecule has 82 valence electrons. The first-order valence-corrected chi connectivity index (χ1v) is 4.68. The summed E-state index contributed by atoms with van der Waals surface area (Å²) < 4.78 is 26.6. The molecule has 0 atom stereocenters. The predicted molar refractivity (Wildman–Crippen MR) is 60.6 cm³/mol. The second-order valence-corrected chi connectivity index (χ2v) is 3.51. The Hall–Kier alpha value is -2.10. The van der Waals surface area contributed by atoms with Gasteiger partial charge in [-0.15, -0.1) is 0 Å². The van der Waals surface area contributed by atoms with E-state index in [-0.39, 0.29) is 11.3 Å². The van der Waals surface area contributed by atoms with E-state index in [1.54, 1.807) is 0 Å². The standard InChI is InChI=1S/C12H10F2N2/c13-8-3-7(4-10(16)5-8)11-6-9(15)1-2-12(11)14/h1-6H,15-16H2. The minimum absolute atomic E-state index is 0.242. The zero-order valence-electron chi connectivity index (χ0n) is 8.37. The van der Waals surface area contributed by atoms with Crippen LogP contribution in [0.2, 0.25) is 0 Å². The van der Waals surface area contributed by atoms with Gasteiger partial charge < -0.3 is 11.5 Å². The molecule has 0 amide bonds. The summed E-state index contributed by atoms with van der Waals surface area (Å²) in [6.07, 6.45) is 0. The van der Waals surface area contributed by atoms with Gasteiger partial charge in [-0.05, 0) is 42.0 Å². The van der Waals surface area contributed by atoms with Crippen LogP contribution in [0.3, 0.4) is 0 Å². The van der Waals surface area contributed by atoms with E-state index in [2.05, 4.69) is 0 Å². The molecular formula is C12H10F2N2. The van der Waals surface area contributed by atoms with Crippen LogP contribution in [0.1, 0.15) is 0 Å². The summed E-state index contributed by atoms with van der Waals surface area (Å²) in [5.41, 5.74) is 12.3. The van der Waals surface area contributed by atoms with Gasteiger partial charge in [-0.25, -0.2) is 8.78 Å². The molecular weight excluding hydrogens is 210 g/mol. The number of anilines is 2. The molecule has 0 unspecified atom stereocenters. The average molecular weight is 220 g/mol. The molecule has 0 fully saturated rings. The summed E-state index contributed by atoms with van der Waals surface area (Å²) >= 11 is 0. The fraction of sp³-hybridized carbons (Fsp3) is 0. The Morgan fingerprint density at radius 3 is 2.25 bits per heavy atom. The van der Waals surface area contributed by atoms with Crippen molar-refractivity contribution in [1.29, 1.82) is 0 Å². The molecule has 0 spiro atoms. The van der Waals surface area contributed by atoms with Crippen LogP contribution in [0.25, 0.3) is 11.1 Å². The minimum Gasteiger partial charge on any atom is -0.399 e. The normalized spacial score (nSPS) is 10.4. The first-order chi connectivity index (χ1) is 7.56. The number of rotatable bonds is 1. The molecule has 4 heteroatoms. The van der Waals surface area contributed by atoms with Gasteiger partial charge in [0.15, 0.2) is 0 Å². The summed E-state index contributed by atoms with van der Waals surface area (Å²) in [6, 6.07) is 8.03. The summed E-state index contributed by atoms with van der Waals surface area (Å²) in [6.45, 7) is 0. The van der Waals surface area contributed by atoms with Crippen molar-refractivity contribution < 1.29 is 8.78 Å². The molecule has 0 aliphatic rings. The Bertz CT molecular complexity index is 518. The summed E-state index contributed by atoms with van der Waals surface area (Å²) in [4.78, 5) is 0. The van der Waals surface area contributed by atoms with Gasteiger partial charge >= 0.3 is 0 Å². The molecule has 0 saturated heterocycles. The van der Waals surface area contributed by atoms with Crippen LogP contribution in [-0.4, -0.2) is 0 Å². The lowest BCUT2D eigenvalue weighted by atomic mass is 10.0. The highest BCUT2D eigenvalue weighted by Gasteiger charge is 2.07. The third-order valence-electron chi connectivity index (χ3n) is 2.22. The number of nitrogens with two attached hydrogens (primary N) is 2. The van der Waals surface area contributed by atoms with E-state index in [4.69, 9.17) is 11.5 Å². The van der Waals surface area contributed by atoms with Crippen LogP contribution in [0.4, 0.5) is 20.2 Å². The van der Waals surface area contributed by atoms with Crippen LogP contribution in [-0.2, 0) is 0 Å². The highest BCUT2D eigenvalue weighted by atomic mass is 19.1. The van der Waals surface area contributed by atoms with E-state index in [0.29, 0.717) is 11.3 Å². The van der Waals surface area contributed by atoms with Gasteiger partial charge in [0.1, 0.15) is 11.6 Å². The van der Waals surface area contributed by atoms with Crippen molar-refractivity contribution >= 4 is 11.4 Å². The molecule has 0 bridgehead atoms. The van der Waals surface area contributed by atoms with Gasteiger partial charge in [-0.2, -0.15) is 0 Å². The van der Waals surface area contributed by atoms with E-state index in [0.717, 1.165) is 0 Å². The molecule has 0 saturated carbocycles. The number of hydrogen-bond donors (Lipinski definition) is 2. The first-order valence-electron chi connectivity index (χ1n) is 4.68. The van der Waals surface area contributed by atoms with E-state index in [9.17, 15) is 8.78 Å². The highest BCUT2D eigenvalue weighted by molar-refractivity contribution is 5.70. The topological polar surface area (TPSA) is 52.0 Å². The molecule has 0 radical (unpaired) electrons. The predicted octanol–water partition coefficient (Wildman–Crippen LogP) is 2.80. The largest absolute Gasteiger partial charge is 0.399 e. The summed E-state index contributed by atoms with van der Waals surface area (Å²) in [5.74, 6) is -0.962. The maximum absolute atomic E-state index is 13.5. The molecule has 2 nitrogen and oxygen atoms in total. The van der Waals surface area contributed by atoms with E-state index < -0.39 is 11.6 Å². The number of benzene rings is 2. The summed E-state index contributed by atoms with van der Waals surface area (Å²) in [5, 5.41) is 0. The lowest BCUT2D eigenvalue weighted by Crippen LogP contribution is -1.92. The van der Waals surface area contributed by atoms with Crippen molar-refractivity contribution in [2.45, 2.75) is 0 Å². The SMILES string of the molecule is Nc1cc(F)cc(-c2cc(N)ccc2F)c1. The van der Waals surface area contributed by atoms with Crippen molar-refractivity contribution in [3.05, 3.63) is 48.0 Å². The summed E-state index contributed by atoms with van der Waals surface area (Å²) in [7, 11) is 0. The molecule has 16 heavy (non-hydrogen) atoms. The molecule has 0 aliphatic heterocycles. The lowest BCUT2D eigenvalue weighted by Gasteiger charge is -2.06. The van der Waals surface area contributed by atoms with Gasteiger partial charge in [0.2, 0.25) is 0 Å². The monoisotopic (exact) mass is 220 g/mol. The quantitative estimate of drug-likeness (QED) is 0.726. The Morgan fingerprint density at radius 1 is 0.812 bits per heavy atom. The third-order valence-corrected chi connectivity index (χ3v) is 2.22. The Labute approximate surface area is 91.5 Å². The van der Waals surface area contributed by atoms with Gasteiger partial charge in [-0.1, -0.05) is 0 Å². The second-order valence-electron chi connectivity index (χ2n) is 3.51. The van der Waals surface area contributed by atoms with Gasteiger partial charge in [0.25, 0.3) is 0 Å². The maximum Gasteiger partial charge on any atom is 0.131 e. The zero-order valence-corrected chi connectivity index (χ0v) is 8.37.